The van der Waals surface area contributed by atoms with E-state index in [1.54, 1.807) is 9.13 Å². The van der Waals surface area contributed by atoms with Gasteiger partial charge < -0.3 is 0 Å². The van der Waals surface area contributed by atoms with Crippen molar-refractivity contribution in [1.29, 1.82) is 0 Å². The Morgan fingerprint density at radius 2 is 1.58 bits per heavy atom. The summed E-state index contributed by atoms with van der Waals surface area (Å²) in [6, 6.07) is 16.9. The molecule has 0 radical (unpaired) electrons. The van der Waals surface area contributed by atoms with Crippen LogP contribution in [-0.4, -0.2) is 9.13 Å². The molecule has 0 amide bonds. The number of benzene rings is 2. The van der Waals surface area contributed by atoms with Crippen LogP contribution in [0.25, 0.3) is 5.69 Å². The first kappa shape index (κ1) is 16.9. The average Bonchev–Trinajstić information content (AvgIpc) is 3.04. The Morgan fingerprint density at radius 3 is 2.27 bits per heavy atom. The summed E-state index contributed by atoms with van der Waals surface area (Å²) in [5.74, 6) is 0.725. The van der Waals surface area contributed by atoms with Gasteiger partial charge in [-0.2, -0.15) is 0 Å². The van der Waals surface area contributed by atoms with Gasteiger partial charge in [0.15, 0.2) is 0 Å². The molecule has 1 heterocycles. The molecule has 3 heteroatoms. The van der Waals surface area contributed by atoms with E-state index in [-0.39, 0.29) is 5.69 Å². The van der Waals surface area contributed by atoms with E-state index < -0.39 is 0 Å². The molecule has 2 aromatic carbocycles. The zero-order valence-electron chi connectivity index (χ0n) is 15.4. The minimum Gasteiger partial charge on any atom is -0.294 e. The van der Waals surface area contributed by atoms with Gasteiger partial charge in [-0.05, 0) is 48.9 Å². The van der Waals surface area contributed by atoms with E-state index in [0.717, 1.165) is 11.6 Å². The molecule has 4 rings (SSSR count). The van der Waals surface area contributed by atoms with Crippen LogP contribution in [0.2, 0.25) is 0 Å². The van der Waals surface area contributed by atoms with Crippen molar-refractivity contribution >= 4 is 0 Å². The fourth-order valence-electron chi connectivity index (χ4n) is 3.96. The third-order valence-corrected chi connectivity index (χ3v) is 5.57. The van der Waals surface area contributed by atoms with Gasteiger partial charge in [-0.15, -0.1) is 0 Å². The molecule has 1 fully saturated rings. The van der Waals surface area contributed by atoms with Crippen LogP contribution in [0, 0.1) is 6.92 Å². The van der Waals surface area contributed by atoms with E-state index in [1.807, 2.05) is 36.7 Å². The molecule has 1 aliphatic rings. The topological polar surface area (TPSA) is 26.9 Å². The Labute approximate surface area is 154 Å². The van der Waals surface area contributed by atoms with Gasteiger partial charge in [-0.25, -0.2) is 4.79 Å². The second kappa shape index (κ2) is 7.36. The van der Waals surface area contributed by atoms with Crippen LogP contribution in [0.1, 0.15) is 54.7 Å². The predicted octanol–water partition coefficient (Wildman–Crippen LogP) is 5.04. The quantitative estimate of drug-likeness (QED) is 0.650. The number of aromatic nitrogens is 2. The molecule has 0 aliphatic heterocycles. The molecular formula is C23H26N2O. The largest absolute Gasteiger partial charge is 0.333 e. The van der Waals surface area contributed by atoms with Gasteiger partial charge in [-0.1, -0.05) is 61.2 Å². The van der Waals surface area contributed by atoms with Crippen molar-refractivity contribution in [1.82, 2.24) is 9.13 Å². The van der Waals surface area contributed by atoms with E-state index in [4.69, 9.17) is 0 Å². The number of aryl methyl sites for hydroxylation is 1. The molecule has 134 valence electrons. The molecule has 0 spiro atoms. The second-order valence-corrected chi connectivity index (χ2v) is 7.49. The maximum atomic E-state index is 12.7. The lowest BCUT2D eigenvalue weighted by atomic mass is 9.84. The van der Waals surface area contributed by atoms with Crippen molar-refractivity contribution in [3.63, 3.8) is 0 Å². The third-order valence-electron chi connectivity index (χ3n) is 5.57. The Morgan fingerprint density at radius 1 is 0.885 bits per heavy atom. The molecule has 0 saturated heterocycles. The van der Waals surface area contributed by atoms with Gasteiger partial charge >= 0.3 is 5.69 Å². The van der Waals surface area contributed by atoms with Gasteiger partial charge in [0.25, 0.3) is 0 Å². The van der Waals surface area contributed by atoms with Gasteiger partial charge in [0.05, 0.1) is 12.2 Å². The van der Waals surface area contributed by atoms with Crippen LogP contribution in [0.4, 0.5) is 0 Å². The summed E-state index contributed by atoms with van der Waals surface area (Å²) in [5.41, 5.74) is 4.74. The normalized spacial score (nSPS) is 15.3. The van der Waals surface area contributed by atoms with Crippen molar-refractivity contribution < 1.29 is 0 Å². The van der Waals surface area contributed by atoms with E-state index in [9.17, 15) is 4.79 Å². The van der Waals surface area contributed by atoms with Crippen LogP contribution in [0.3, 0.4) is 0 Å². The molecule has 3 aromatic rings. The zero-order valence-corrected chi connectivity index (χ0v) is 15.4. The van der Waals surface area contributed by atoms with Crippen LogP contribution in [0.15, 0.2) is 65.7 Å². The van der Waals surface area contributed by atoms with Gasteiger partial charge in [0.2, 0.25) is 0 Å². The van der Waals surface area contributed by atoms with E-state index >= 15 is 0 Å². The Hall–Kier alpha value is -2.55. The highest BCUT2D eigenvalue weighted by atomic mass is 16.1. The molecule has 0 N–H and O–H groups in total. The van der Waals surface area contributed by atoms with Crippen molar-refractivity contribution in [3.8, 4) is 5.69 Å². The Kier molecular flexibility index (Phi) is 4.79. The van der Waals surface area contributed by atoms with Crippen molar-refractivity contribution in [3.05, 3.63) is 88.1 Å². The van der Waals surface area contributed by atoms with E-state index in [1.165, 1.54) is 48.8 Å². The smallest absolute Gasteiger partial charge is 0.294 e. The first-order chi connectivity index (χ1) is 12.7. The highest BCUT2D eigenvalue weighted by Gasteiger charge is 2.15. The summed E-state index contributed by atoms with van der Waals surface area (Å²) >= 11 is 0. The molecule has 26 heavy (non-hydrogen) atoms. The van der Waals surface area contributed by atoms with Crippen LogP contribution >= 0.6 is 0 Å². The molecule has 0 atom stereocenters. The second-order valence-electron chi connectivity index (χ2n) is 7.49. The van der Waals surface area contributed by atoms with E-state index in [0.29, 0.717) is 6.54 Å². The molecule has 1 aliphatic carbocycles. The summed E-state index contributed by atoms with van der Waals surface area (Å²) in [4.78, 5) is 12.7. The Balaban J connectivity index is 1.51. The molecule has 0 bridgehead atoms. The summed E-state index contributed by atoms with van der Waals surface area (Å²) in [6.07, 6.45) is 10.5. The SMILES string of the molecule is Cc1ccc(-n2ccn(Cc3ccc(C4CCCCC4)cc3)c2=O)cc1. The van der Waals surface area contributed by atoms with Gasteiger partial charge in [0.1, 0.15) is 0 Å². The van der Waals surface area contributed by atoms with Gasteiger partial charge in [-0.3, -0.25) is 9.13 Å². The first-order valence-electron chi connectivity index (χ1n) is 9.64. The van der Waals surface area contributed by atoms with Crippen molar-refractivity contribution in [2.24, 2.45) is 0 Å². The molecule has 1 aromatic heterocycles. The average molecular weight is 346 g/mol. The Bertz CT molecular complexity index is 910. The highest BCUT2D eigenvalue weighted by Crippen LogP contribution is 2.32. The first-order valence-corrected chi connectivity index (χ1v) is 9.64. The van der Waals surface area contributed by atoms with Gasteiger partial charge in [0, 0.05) is 12.4 Å². The lowest BCUT2D eigenvalue weighted by Gasteiger charge is -2.22. The fraction of sp³-hybridized carbons (Fsp3) is 0.348. The third kappa shape index (κ3) is 3.52. The summed E-state index contributed by atoms with van der Waals surface area (Å²) in [5, 5.41) is 0. The fourth-order valence-corrected chi connectivity index (χ4v) is 3.96. The zero-order chi connectivity index (χ0) is 17.9. The van der Waals surface area contributed by atoms with Crippen molar-refractivity contribution in [2.75, 3.05) is 0 Å². The molecular weight excluding hydrogens is 320 g/mol. The molecule has 3 nitrogen and oxygen atoms in total. The minimum atomic E-state index is 0.00482. The van der Waals surface area contributed by atoms with Crippen LogP contribution in [0.5, 0.6) is 0 Å². The molecule has 1 saturated carbocycles. The number of hydrogen-bond acceptors (Lipinski definition) is 1. The van der Waals surface area contributed by atoms with Crippen LogP contribution < -0.4 is 5.69 Å². The van der Waals surface area contributed by atoms with Crippen molar-refractivity contribution in [2.45, 2.75) is 51.5 Å². The molecule has 0 unspecified atom stereocenters. The van der Waals surface area contributed by atoms with Crippen LogP contribution in [-0.2, 0) is 6.54 Å². The number of nitrogens with zero attached hydrogens (tertiary/aromatic N) is 2. The lowest BCUT2D eigenvalue weighted by Crippen LogP contribution is -2.23. The summed E-state index contributed by atoms with van der Waals surface area (Å²) in [6.45, 7) is 2.66. The number of hydrogen-bond donors (Lipinski definition) is 0. The number of rotatable bonds is 4. The highest BCUT2D eigenvalue weighted by molar-refractivity contribution is 5.34. The van der Waals surface area contributed by atoms with E-state index in [2.05, 4.69) is 31.2 Å². The monoisotopic (exact) mass is 346 g/mol. The minimum absolute atomic E-state index is 0.00482. The maximum absolute atomic E-state index is 12.7. The summed E-state index contributed by atoms with van der Waals surface area (Å²) in [7, 11) is 0. The number of imidazole rings is 1. The summed E-state index contributed by atoms with van der Waals surface area (Å²) < 4.78 is 3.48. The standard InChI is InChI=1S/C23H26N2O/c1-18-7-13-22(14-8-18)25-16-15-24(23(25)26)17-19-9-11-21(12-10-19)20-5-3-2-4-6-20/h7-16,20H,2-6,17H2,1H3. The lowest BCUT2D eigenvalue weighted by molar-refractivity contribution is 0.443. The maximum Gasteiger partial charge on any atom is 0.333 e. The predicted molar refractivity (Wildman–Crippen MR) is 106 cm³/mol.